The van der Waals surface area contributed by atoms with Crippen molar-refractivity contribution in [3.63, 3.8) is 0 Å². The number of sulfonamides is 1. The van der Waals surface area contributed by atoms with E-state index in [2.05, 4.69) is 4.72 Å². The third-order valence-corrected chi connectivity index (χ3v) is 4.11. The molecule has 0 aliphatic heterocycles. The topological polar surface area (TPSA) is 46.2 Å². The predicted octanol–water partition coefficient (Wildman–Crippen LogP) is 3.28. The summed E-state index contributed by atoms with van der Waals surface area (Å²) >= 11 is 5.80. The Balaban J connectivity index is 2.40. The number of benzene rings is 2. The van der Waals surface area contributed by atoms with Crippen LogP contribution in [-0.2, 0) is 10.0 Å². The minimum atomic E-state index is -3.89. The van der Waals surface area contributed by atoms with Gasteiger partial charge in [-0.3, -0.25) is 4.72 Å². The van der Waals surface area contributed by atoms with E-state index in [4.69, 9.17) is 11.6 Å². The monoisotopic (exact) mass is 285 g/mol. The van der Waals surface area contributed by atoms with Gasteiger partial charge < -0.3 is 0 Å². The van der Waals surface area contributed by atoms with E-state index in [1.54, 1.807) is 12.1 Å². The van der Waals surface area contributed by atoms with E-state index in [9.17, 15) is 12.8 Å². The van der Waals surface area contributed by atoms with Crippen LogP contribution < -0.4 is 4.72 Å². The van der Waals surface area contributed by atoms with Crippen LogP contribution in [0.15, 0.2) is 53.4 Å². The standard InChI is InChI=1S/C12H9ClFNO2S/c13-9-5-1-4-8-12(9)18(16,17)15-11-7-3-2-6-10(11)14/h1-8,15H. The summed E-state index contributed by atoms with van der Waals surface area (Å²) in [5.74, 6) is -0.645. The normalized spacial score (nSPS) is 11.2. The number of hydrogen-bond acceptors (Lipinski definition) is 2. The fraction of sp³-hybridized carbons (Fsp3) is 0. The first-order valence-corrected chi connectivity index (χ1v) is 6.89. The lowest BCUT2D eigenvalue weighted by molar-refractivity contribution is 0.598. The Morgan fingerprint density at radius 2 is 1.61 bits per heavy atom. The second-order valence-electron chi connectivity index (χ2n) is 3.52. The number of halogens is 2. The van der Waals surface area contributed by atoms with Crippen LogP contribution in [0.25, 0.3) is 0 Å². The van der Waals surface area contributed by atoms with Gasteiger partial charge in [0.15, 0.2) is 0 Å². The van der Waals surface area contributed by atoms with E-state index in [0.29, 0.717) is 0 Å². The molecule has 18 heavy (non-hydrogen) atoms. The summed E-state index contributed by atoms with van der Waals surface area (Å²) in [5.41, 5.74) is -0.114. The highest BCUT2D eigenvalue weighted by molar-refractivity contribution is 7.92. The Labute approximate surface area is 109 Å². The van der Waals surface area contributed by atoms with Gasteiger partial charge in [-0.05, 0) is 24.3 Å². The van der Waals surface area contributed by atoms with Crippen molar-refractivity contribution in [1.82, 2.24) is 0 Å². The fourth-order valence-corrected chi connectivity index (χ4v) is 2.99. The van der Waals surface area contributed by atoms with E-state index in [1.807, 2.05) is 0 Å². The highest BCUT2D eigenvalue weighted by atomic mass is 35.5. The molecule has 2 aromatic carbocycles. The van der Waals surface area contributed by atoms with Crippen molar-refractivity contribution in [1.29, 1.82) is 0 Å². The van der Waals surface area contributed by atoms with Crippen LogP contribution in [0.5, 0.6) is 0 Å². The quantitative estimate of drug-likeness (QED) is 0.941. The second-order valence-corrected chi connectivity index (χ2v) is 5.57. The van der Waals surface area contributed by atoms with E-state index >= 15 is 0 Å². The van der Waals surface area contributed by atoms with Gasteiger partial charge in [0, 0.05) is 0 Å². The Morgan fingerprint density at radius 1 is 1.00 bits per heavy atom. The molecule has 0 aromatic heterocycles. The van der Waals surface area contributed by atoms with Gasteiger partial charge in [0.2, 0.25) is 0 Å². The maximum Gasteiger partial charge on any atom is 0.263 e. The Hall–Kier alpha value is -1.59. The molecule has 0 radical (unpaired) electrons. The van der Waals surface area contributed by atoms with Crippen molar-refractivity contribution in [2.75, 3.05) is 4.72 Å². The summed E-state index contributed by atoms with van der Waals surface area (Å²) in [5, 5.41) is 0.0846. The lowest BCUT2D eigenvalue weighted by atomic mass is 10.3. The van der Waals surface area contributed by atoms with Crippen LogP contribution in [0.3, 0.4) is 0 Å². The van der Waals surface area contributed by atoms with Crippen molar-refractivity contribution < 1.29 is 12.8 Å². The number of para-hydroxylation sites is 1. The van der Waals surface area contributed by atoms with Gasteiger partial charge in [0.1, 0.15) is 10.7 Å². The molecule has 0 heterocycles. The molecule has 2 rings (SSSR count). The van der Waals surface area contributed by atoms with Crippen LogP contribution in [0, 0.1) is 5.82 Å². The SMILES string of the molecule is O=S(=O)(Nc1ccccc1F)c1ccccc1Cl. The van der Waals surface area contributed by atoms with Gasteiger partial charge in [0.05, 0.1) is 10.7 Å². The smallest absolute Gasteiger partial charge is 0.263 e. The van der Waals surface area contributed by atoms with Crippen LogP contribution in [0.4, 0.5) is 10.1 Å². The molecule has 6 heteroatoms. The largest absolute Gasteiger partial charge is 0.277 e. The summed E-state index contributed by atoms with van der Waals surface area (Å²) in [6.45, 7) is 0. The molecule has 0 saturated carbocycles. The summed E-state index contributed by atoms with van der Waals surface area (Å²) in [6.07, 6.45) is 0. The maximum atomic E-state index is 13.4. The highest BCUT2D eigenvalue weighted by Crippen LogP contribution is 2.24. The molecule has 0 amide bonds. The van der Waals surface area contributed by atoms with Crippen molar-refractivity contribution in [3.8, 4) is 0 Å². The summed E-state index contributed by atoms with van der Waals surface area (Å²) in [7, 11) is -3.89. The first-order chi connectivity index (χ1) is 8.50. The Morgan fingerprint density at radius 3 is 2.28 bits per heavy atom. The Bertz CT molecular complexity index is 673. The van der Waals surface area contributed by atoms with Crippen LogP contribution in [0.2, 0.25) is 5.02 Å². The average Bonchev–Trinajstić information content (AvgIpc) is 2.32. The predicted molar refractivity (Wildman–Crippen MR) is 68.7 cm³/mol. The molecule has 0 saturated heterocycles. The Kier molecular flexibility index (Phi) is 3.54. The van der Waals surface area contributed by atoms with E-state index < -0.39 is 15.8 Å². The molecule has 0 aliphatic rings. The molecule has 0 bridgehead atoms. The van der Waals surface area contributed by atoms with Gasteiger partial charge in [-0.1, -0.05) is 35.9 Å². The van der Waals surface area contributed by atoms with Gasteiger partial charge in [-0.25, -0.2) is 12.8 Å². The minimum Gasteiger partial charge on any atom is -0.277 e. The lowest BCUT2D eigenvalue weighted by Crippen LogP contribution is -2.14. The zero-order valence-electron chi connectivity index (χ0n) is 9.10. The molecule has 1 N–H and O–H groups in total. The zero-order chi connectivity index (χ0) is 13.2. The summed E-state index contributed by atoms with van der Waals surface area (Å²) in [4.78, 5) is -0.0880. The molecule has 0 fully saturated rings. The van der Waals surface area contributed by atoms with Gasteiger partial charge >= 0.3 is 0 Å². The van der Waals surface area contributed by atoms with Crippen LogP contribution >= 0.6 is 11.6 Å². The number of anilines is 1. The molecular formula is C12H9ClFNO2S. The van der Waals surface area contributed by atoms with Crippen LogP contribution in [-0.4, -0.2) is 8.42 Å². The lowest BCUT2D eigenvalue weighted by Gasteiger charge is -2.09. The van der Waals surface area contributed by atoms with E-state index in [0.717, 1.165) is 0 Å². The highest BCUT2D eigenvalue weighted by Gasteiger charge is 2.18. The third kappa shape index (κ3) is 2.63. The van der Waals surface area contributed by atoms with Crippen molar-refractivity contribution in [2.45, 2.75) is 4.90 Å². The number of rotatable bonds is 3. The number of nitrogens with one attached hydrogen (secondary N) is 1. The zero-order valence-corrected chi connectivity index (χ0v) is 10.7. The fourth-order valence-electron chi connectivity index (χ4n) is 1.41. The summed E-state index contributed by atoms with van der Waals surface area (Å²) in [6, 6.07) is 11.5. The average molecular weight is 286 g/mol. The van der Waals surface area contributed by atoms with E-state index in [-0.39, 0.29) is 15.6 Å². The molecule has 2 aromatic rings. The number of hydrogen-bond donors (Lipinski definition) is 1. The van der Waals surface area contributed by atoms with Crippen LogP contribution in [0.1, 0.15) is 0 Å². The molecule has 0 unspecified atom stereocenters. The molecule has 0 spiro atoms. The molecule has 3 nitrogen and oxygen atoms in total. The van der Waals surface area contributed by atoms with E-state index in [1.165, 1.54) is 36.4 Å². The van der Waals surface area contributed by atoms with Crippen molar-refractivity contribution >= 4 is 27.3 Å². The van der Waals surface area contributed by atoms with Crippen molar-refractivity contribution in [2.24, 2.45) is 0 Å². The van der Waals surface area contributed by atoms with Crippen molar-refractivity contribution in [3.05, 3.63) is 59.4 Å². The van der Waals surface area contributed by atoms with Gasteiger partial charge in [0.25, 0.3) is 10.0 Å². The minimum absolute atomic E-state index is 0.0846. The molecule has 94 valence electrons. The molecular weight excluding hydrogens is 277 g/mol. The van der Waals surface area contributed by atoms with Gasteiger partial charge in [-0.15, -0.1) is 0 Å². The second kappa shape index (κ2) is 4.96. The first-order valence-electron chi connectivity index (χ1n) is 5.02. The maximum absolute atomic E-state index is 13.4. The third-order valence-electron chi connectivity index (χ3n) is 2.24. The summed E-state index contributed by atoms with van der Waals surface area (Å²) < 4.78 is 39.6. The van der Waals surface area contributed by atoms with Gasteiger partial charge in [-0.2, -0.15) is 0 Å². The molecule has 0 aliphatic carbocycles. The molecule has 0 atom stereocenters. The first kappa shape index (κ1) is 12.9.